The highest BCUT2D eigenvalue weighted by atomic mass is 16.5. The van der Waals surface area contributed by atoms with Crippen molar-refractivity contribution in [2.45, 2.75) is 89.2 Å². The van der Waals surface area contributed by atoms with Crippen molar-refractivity contribution in [1.29, 1.82) is 0 Å². The van der Waals surface area contributed by atoms with Crippen LogP contribution in [0.5, 0.6) is 5.75 Å². The Morgan fingerprint density at radius 1 is 1.17 bits per heavy atom. The second kappa shape index (κ2) is 8.99. The molecule has 0 unspecified atom stereocenters. The maximum Gasteiger partial charge on any atom is 0.225 e. The van der Waals surface area contributed by atoms with E-state index in [-0.39, 0.29) is 23.3 Å². The lowest BCUT2D eigenvalue weighted by Crippen LogP contribution is -2.53. The molecular weight excluding hydrogens is 376 g/mol. The number of nitrogens with zero attached hydrogens (tertiary/aromatic N) is 1. The highest BCUT2D eigenvalue weighted by molar-refractivity contribution is 5.79. The molecule has 164 valence electrons. The lowest BCUT2D eigenvalue weighted by atomic mass is 9.76. The Hall–Kier alpha value is -2.04. The predicted octanol–water partition coefficient (Wildman–Crippen LogP) is 4.41. The normalized spacial score (nSPS) is 22.9. The Bertz CT molecular complexity index is 761. The van der Waals surface area contributed by atoms with Gasteiger partial charge in [-0.2, -0.15) is 0 Å². The molecule has 1 spiro atoms. The zero-order valence-electron chi connectivity index (χ0n) is 18.5. The predicted molar refractivity (Wildman–Crippen MR) is 117 cm³/mol. The third kappa shape index (κ3) is 4.35. The third-order valence-electron chi connectivity index (χ3n) is 7.53. The van der Waals surface area contributed by atoms with Crippen molar-refractivity contribution in [2.24, 2.45) is 5.92 Å². The van der Waals surface area contributed by atoms with Crippen LogP contribution in [0.3, 0.4) is 0 Å². The second-order valence-corrected chi connectivity index (χ2v) is 9.46. The van der Waals surface area contributed by atoms with Gasteiger partial charge in [0.2, 0.25) is 11.8 Å². The zero-order chi connectivity index (χ0) is 21.1. The van der Waals surface area contributed by atoms with Crippen LogP contribution >= 0.6 is 0 Å². The molecule has 0 radical (unpaired) electrons. The monoisotopic (exact) mass is 412 g/mol. The third-order valence-corrected chi connectivity index (χ3v) is 7.53. The van der Waals surface area contributed by atoms with Crippen LogP contribution in [0.2, 0.25) is 0 Å². The highest BCUT2D eigenvalue weighted by Gasteiger charge is 2.44. The molecule has 0 bridgehead atoms. The van der Waals surface area contributed by atoms with Crippen molar-refractivity contribution in [3.8, 4) is 5.75 Å². The van der Waals surface area contributed by atoms with Crippen molar-refractivity contribution in [3.05, 3.63) is 29.8 Å². The SMILES string of the molecule is CCC(CC)C(=O)N1CCC2(CC1)C[C@@H](CC(=O)NC1CCC1)c1ccccc1O2. The maximum atomic E-state index is 12.8. The largest absolute Gasteiger partial charge is 0.487 e. The molecule has 1 aromatic carbocycles. The molecule has 1 aliphatic carbocycles. The molecule has 5 heteroatoms. The molecule has 1 atom stereocenters. The molecule has 1 N–H and O–H groups in total. The molecule has 1 saturated heterocycles. The van der Waals surface area contributed by atoms with E-state index >= 15 is 0 Å². The first-order chi connectivity index (χ1) is 14.5. The van der Waals surface area contributed by atoms with Gasteiger partial charge in [-0.1, -0.05) is 32.0 Å². The van der Waals surface area contributed by atoms with Gasteiger partial charge >= 0.3 is 0 Å². The fourth-order valence-corrected chi connectivity index (χ4v) is 5.33. The van der Waals surface area contributed by atoms with Gasteiger partial charge in [0.1, 0.15) is 11.4 Å². The molecule has 1 saturated carbocycles. The number of para-hydroxylation sites is 1. The minimum absolute atomic E-state index is 0.134. The zero-order valence-corrected chi connectivity index (χ0v) is 18.5. The van der Waals surface area contributed by atoms with Gasteiger partial charge in [0.25, 0.3) is 0 Å². The average Bonchev–Trinajstić information content (AvgIpc) is 2.72. The van der Waals surface area contributed by atoms with Crippen molar-refractivity contribution in [2.75, 3.05) is 13.1 Å². The molecule has 30 heavy (non-hydrogen) atoms. The molecule has 2 aliphatic heterocycles. The van der Waals surface area contributed by atoms with E-state index in [9.17, 15) is 9.59 Å². The number of fused-ring (bicyclic) bond motifs is 1. The summed E-state index contributed by atoms with van der Waals surface area (Å²) in [6, 6.07) is 8.56. The number of carbonyl (C=O) groups is 2. The van der Waals surface area contributed by atoms with E-state index in [4.69, 9.17) is 4.74 Å². The van der Waals surface area contributed by atoms with E-state index < -0.39 is 0 Å². The number of piperidine rings is 1. The van der Waals surface area contributed by atoms with Gasteiger partial charge in [-0.25, -0.2) is 0 Å². The number of rotatable bonds is 6. The van der Waals surface area contributed by atoms with E-state index in [1.165, 1.54) is 6.42 Å². The van der Waals surface area contributed by atoms with Crippen molar-refractivity contribution in [1.82, 2.24) is 10.2 Å². The fourth-order valence-electron chi connectivity index (χ4n) is 5.33. The Kier molecular flexibility index (Phi) is 6.35. The van der Waals surface area contributed by atoms with Crippen LogP contribution in [0, 0.1) is 5.92 Å². The molecule has 2 amide bonds. The summed E-state index contributed by atoms with van der Waals surface area (Å²) in [5, 5.41) is 3.20. The lowest BCUT2D eigenvalue weighted by molar-refractivity contribution is -0.139. The summed E-state index contributed by atoms with van der Waals surface area (Å²) in [7, 11) is 0. The van der Waals surface area contributed by atoms with Gasteiger partial charge in [0.05, 0.1) is 0 Å². The van der Waals surface area contributed by atoms with Gasteiger partial charge < -0.3 is 15.0 Å². The Morgan fingerprint density at radius 3 is 2.50 bits per heavy atom. The molecule has 0 aromatic heterocycles. The van der Waals surface area contributed by atoms with Crippen LogP contribution in [0.1, 0.15) is 83.1 Å². The van der Waals surface area contributed by atoms with E-state index in [1.54, 1.807) is 0 Å². The Balaban J connectivity index is 1.44. The van der Waals surface area contributed by atoms with Gasteiger partial charge in [0, 0.05) is 50.2 Å². The number of nitrogens with one attached hydrogen (secondary N) is 1. The van der Waals surface area contributed by atoms with Gasteiger partial charge in [0.15, 0.2) is 0 Å². The first-order valence-corrected chi connectivity index (χ1v) is 11.9. The van der Waals surface area contributed by atoms with E-state index in [2.05, 4.69) is 25.2 Å². The molecule has 2 heterocycles. The summed E-state index contributed by atoms with van der Waals surface area (Å²) in [6.45, 7) is 5.69. The molecule has 4 rings (SSSR count). The summed E-state index contributed by atoms with van der Waals surface area (Å²) in [6.07, 6.45) is 8.31. The standard InChI is InChI=1S/C25H36N2O3/c1-3-18(4-2)24(29)27-14-12-25(13-15-27)17-19(16-23(28)26-20-8-7-9-20)21-10-5-6-11-22(21)30-25/h5-6,10-11,18-20H,3-4,7-9,12-17H2,1-2H3,(H,26,28)/t19-/m1/s1. The number of hydrogen-bond acceptors (Lipinski definition) is 3. The van der Waals surface area contributed by atoms with E-state index in [0.717, 1.165) is 69.3 Å². The first-order valence-electron chi connectivity index (χ1n) is 11.9. The highest BCUT2D eigenvalue weighted by Crippen LogP contribution is 2.46. The van der Waals surface area contributed by atoms with Crippen LogP contribution < -0.4 is 10.1 Å². The van der Waals surface area contributed by atoms with Crippen molar-refractivity contribution >= 4 is 11.8 Å². The van der Waals surface area contributed by atoms with E-state index in [0.29, 0.717) is 18.4 Å². The number of hydrogen-bond donors (Lipinski definition) is 1. The smallest absolute Gasteiger partial charge is 0.225 e. The minimum Gasteiger partial charge on any atom is -0.487 e. The van der Waals surface area contributed by atoms with Crippen LogP contribution in [-0.4, -0.2) is 41.4 Å². The minimum atomic E-state index is -0.263. The number of likely N-dealkylation sites (tertiary alicyclic amines) is 1. The van der Waals surface area contributed by atoms with Gasteiger partial charge in [-0.3, -0.25) is 9.59 Å². The van der Waals surface area contributed by atoms with E-state index in [1.807, 2.05) is 23.1 Å². The summed E-state index contributed by atoms with van der Waals surface area (Å²) >= 11 is 0. The second-order valence-electron chi connectivity index (χ2n) is 9.46. The molecule has 3 aliphatic rings. The number of carbonyl (C=O) groups excluding carboxylic acids is 2. The van der Waals surface area contributed by atoms with Crippen LogP contribution in [0.25, 0.3) is 0 Å². The molecule has 1 aromatic rings. The van der Waals surface area contributed by atoms with Gasteiger partial charge in [-0.05, 0) is 50.2 Å². The van der Waals surface area contributed by atoms with Gasteiger partial charge in [-0.15, -0.1) is 0 Å². The Morgan fingerprint density at radius 2 is 1.87 bits per heavy atom. The van der Waals surface area contributed by atoms with Crippen molar-refractivity contribution in [3.63, 3.8) is 0 Å². The first kappa shape index (κ1) is 21.2. The quantitative estimate of drug-likeness (QED) is 0.753. The van der Waals surface area contributed by atoms with Crippen LogP contribution in [0.15, 0.2) is 24.3 Å². The number of benzene rings is 1. The molecule has 5 nitrogen and oxygen atoms in total. The lowest BCUT2D eigenvalue weighted by Gasteiger charge is -2.47. The van der Waals surface area contributed by atoms with Crippen LogP contribution in [0.4, 0.5) is 0 Å². The fraction of sp³-hybridized carbons (Fsp3) is 0.680. The summed E-state index contributed by atoms with van der Waals surface area (Å²) < 4.78 is 6.56. The maximum absolute atomic E-state index is 12.8. The molecule has 2 fully saturated rings. The topological polar surface area (TPSA) is 58.6 Å². The summed E-state index contributed by atoms with van der Waals surface area (Å²) in [5.41, 5.74) is 0.892. The van der Waals surface area contributed by atoms with Crippen molar-refractivity contribution < 1.29 is 14.3 Å². The number of amides is 2. The number of ether oxygens (including phenoxy) is 1. The Labute approximate surface area is 180 Å². The summed E-state index contributed by atoms with van der Waals surface area (Å²) in [4.78, 5) is 27.5. The average molecular weight is 413 g/mol. The molecular formula is C25H36N2O3. The van der Waals surface area contributed by atoms with Crippen LogP contribution in [-0.2, 0) is 9.59 Å². The summed E-state index contributed by atoms with van der Waals surface area (Å²) in [5.74, 6) is 1.69.